The Morgan fingerprint density at radius 3 is 2.67 bits per heavy atom. The third-order valence-corrected chi connectivity index (χ3v) is 8.68. The summed E-state index contributed by atoms with van der Waals surface area (Å²) in [6.07, 6.45) is 3.31. The Bertz CT molecular complexity index is 1710. The Morgan fingerprint density at radius 1 is 1.12 bits per heavy atom. The molecule has 2 bridgehead atoms. The third-order valence-electron chi connectivity index (χ3n) is 8.36. The predicted octanol–water partition coefficient (Wildman–Crippen LogP) is 5.28. The molecule has 204 valence electrons. The van der Waals surface area contributed by atoms with E-state index in [1.807, 2.05) is 24.1 Å². The molecular formula is C31H28ClF2N5O. The Labute approximate surface area is 236 Å². The fourth-order valence-electron chi connectivity index (χ4n) is 6.46. The molecular weight excluding hydrogens is 532 g/mol. The van der Waals surface area contributed by atoms with E-state index in [4.69, 9.17) is 11.6 Å². The van der Waals surface area contributed by atoms with Crippen molar-refractivity contribution in [2.75, 3.05) is 31.6 Å². The van der Waals surface area contributed by atoms with Crippen LogP contribution >= 0.6 is 11.6 Å². The second-order valence-electron chi connectivity index (χ2n) is 11.1. The second kappa shape index (κ2) is 9.84. The molecule has 5 heterocycles. The zero-order valence-corrected chi connectivity index (χ0v) is 22.7. The van der Waals surface area contributed by atoms with Gasteiger partial charge in [0.15, 0.2) is 5.82 Å². The number of likely N-dealkylation sites (tertiary alicyclic amines) is 1. The molecule has 2 aromatic heterocycles. The largest absolute Gasteiger partial charge is 0.508 e. The number of anilines is 1. The minimum absolute atomic E-state index is 0.0116. The number of phenolic OH excluding ortho intramolecular Hbond substituents is 1. The van der Waals surface area contributed by atoms with E-state index in [0.29, 0.717) is 57.5 Å². The number of nitrogens with one attached hydrogen (secondary N) is 1. The highest BCUT2D eigenvalue weighted by molar-refractivity contribution is 6.36. The summed E-state index contributed by atoms with van der Waals surface area (Å²) in [6.45, 7) is 1.95. The quantitative estimate of drug-likeness (QED) is 0.326. The van der Waals surface area contributed by atoms with E-state index in [-0.39, 0.29) is 23.0 Å². The first kappa shape index (κ1) is 25.5. The van der Waals surface area contributed by atoms with Crippen molar-refractivity contribution in [2.24, 2.45) is 0 Å². The lowest BCUT2D eigenvalue weighted by Gasteiger charge is -2.35. The normalized spacial score (nSPS) is 24.6. The fraction of sp³-hybridized carbons (Fsp3) is 0.355. The van der Waals surface area contributed by atoms with E-state index in [1.165, 1.54) is 6.07 Å². The van der Waals surface area contributed by atoms with Crippen LogP contribution in [0.15, 0.2) is 42.6 Å². The Morgan fingerprint density at radius 2 is 1.93 bits per heavy atom. The lowest BCUT2D eigenvalue weighted by Crippen LogP contribution is -2.51. The summed E-state index contributed by atoms with van der Waals surface area (Å²) in [5, 5.41) is 16.4. The summed E-state index contributed by atoms with van der Waals surface area (Å²) in [6, 6.07) is 10.8. The Kier molecular flexibility index (Phi) is 6.26. The molecule has 3 saturated heterocycles. The molecule has 4 unspecified atom stereocenters. The zero-order chi connectivity index (χ0) is 27.5. The van der Waals surface area contributed by atoms with Gasteiger partial charge in [-0.2, -0.15) is 0 Å². The Hall–Kier alpha value is -3.51. The fourth-order valence-corrected chi connectivity index (χ4v) is 6.74. The third kappa shape index (κ3) is 4.43. The number of aromatic nitrogens is 2. The van der Waals surface area contributed by atoms with Gasteiger partial charge in [0.05, 0.1) is 11.7 Å². The van der Waals surface area contributed by atoms with Gasteiger partial charge in [-0.05, 0) is 55.5 Å². The standard InChI is InChI=1S/C31H28ClF2N5O/c1-38-14-18(33)10-22(38)8-7-19-11-27(39-15-20-5-6-21(16-39)36-20)25-13-35-30(29(34)31(25)37-19)24-12-23(40)9-17-3-2-4-26(32)28(17)24/h2-4,9,11-13,18,20-22,36,40H,5-6,10,14-16H2,1H3. The molecule has 3 aliphatic heterocycles. The van der Waals surface area contributed by atoms with E-state index in [0.717, 1.165) is 31.6 Å². The molecule has 9 heteroatoms. The van der Waals surface area contributed by atoms with Crippen LogP contribution in [-0.4, -0.2) is 71.0 Å². The lowest BCUT2D eigenvalue weighted by atomic mass is 9.99. The first-order valence-corrected chi connectivity index (χ1v) is 14.0. The van der Waals surface area contributed by atoms with Gasteiger partial charge in [-0.3, -0.25) is 9.88 Å². The lowest BCUT2D eigenvalue weighted by molar-refractivity contribution is 0.313. The molecule has 4 atom stereocenters. The van der Waals surface area contributed by atoms with Crippen LogP contribution in [-0.2, 0) is 0 Å². The number of fused-ring (bicyclic) bond motifs is 4. The van der Waals surface area contributed by atoms with Gasteiger partial charge in [0.1, 0.15) is 28.8 Å². The number of benzene rings is 2. The van der Waals surface area contributed by atoms with E-state index < -0.39 is 12.0 Å². The van der Waals surface area contributed by atoms with Gasteiger partial charge in [-0.15, -0.1) is 0 Å². The first-order valence-electron chi connectivity index (χ1n) is 13.6. The SMILES string of the molecule is CN1CC(F)CC1C#Cc1cc(N2CC3CCC(C2)N3)c2cnc(-c3cc(O)cc4cccc(Cl)c34)c(F)c2n1. The van der Waals surface area contributed by atoms with Crippen LogP contribution in [0.4, 0.5) is 14.5 Å². The van der Waals surface area contributed by atoms with Crippen molar-refractivity contribution in [2.45, 2.75) is 43.6 Å². The number of halogens is 3. The average Bonchev–Trinajstić information content (AvgIpc) is 3.44. The van der Waals surface area contributed by atoms with Crippen LogP contribution in [0.25, 0.3) is 32.9 Å². The van der Waals surface area contributed by atoms with Gasteiger partial charge in [-0.25, -0.2) is 13.8 Å². The number of hydrogen-bond acceptors (Lipinski definition) is 6. The van der Waals surface area contributed by atoms with Crippen LogP contribution < -0.4 is 10.2 Å². The van der Waals surface area contributed by atoms with Gasteiger partial charge in [0.25, 0.3) is 0 Å². The van der Waals surface area contributed by atoms with E-state index in [2.05, 4.69) is 32.0 Å². The van der Waals surface area contributed by atoms with Crippen molar-refractivity contribution in [1.82, 2.24) is 20.2 Å². The number of piperazine rings is 1. The van der Waals surface area contributed by atoms with Crippen molar-refractivity contribution in [3.05, 3.63) is 59.1 Å². The molecule has 3 fully saturated rings. The first-order chi connectivity index (χ1) is 19.3. The monoisotopic (exact) mass is 559 g/mol. The van der Waals surface area contributed by atoms with Gasteiger partial charge < -0.3 is 15.3 Å². The molecule has 0 spiro atoms. The van der Waals surface area contributed by atoms with Crippen molar-refractivity contribution in [3.63, 3.8) is 0 Å². The van der Waals surface area contributed by atoms with Gasteiger partial charge in [0.2, 0.25) is 0 Å². The molecule has 0 aliphatic carbocycles. The van der Waals surface area contributed by atoms with E-state index >= 15 is 4.39 Å². The topological polar surface area (TPSA) is 64.5 Å². The average molecular weight is 560 g/mol. The molecule has 3 aliphatic rings. The predicted molar refractivity (Wildman–Crippen MR) is 154 cm³/mol. The summed E-state index contributed by atoms with van der Waals surface area (Å²) in [4.78, 5) is 13.4. The minimum atomic E-state index is -0.907. The Balaban J connectivity index is 1.41. The summed E-state index contributed by atoms with van der Waals surface area (Å²) in [7, 11) is 1.86. The van der Waals surface area contributed by atoms with Crippen molar-refractivity contribution >= 4 is 39.0 Å². The smallest absolute Gasteiger partial charge is 0.175 e. The summed E-state index contributed by atoms with van der Waals surface area (Å²) in [5.74, 6) is 5.67. The van der Waals surface area contributed by atoms with E-state index in [9.17, 15) is 9.50 Å². The summed E-state index contributed by atoms with van der Waals surface area (Å²) < 4.78 is 30.5. The zero-order valence-electron chi connectivity index (χ0n) is 22.0. The number of phenols is 1. The molecule has 4 aromatic rings. The molecule has 0 radical (unpaired) electrons. The molecule has 40 heavy (non-hydrogen) atoms. The molecule has 7 rings (SSSR count). The molecule has 0 amide bonds. The number of pyridine rings is 2. The minimum Gasteiger partial charge on any atom is -0.508 e. The van der Waals surface area contributed by atoms with Gasteiger partial charge in [0, 0.05) is 65.7 Å². The second-order valence-corrected chi connectivity index (χ2v) is 11.5. The highest BCUT2D eigenvalue weighted by Gasteiger charge is 2.33. The molecule has 2 N–H and O–H groups in total. The summed E-state index contributed by atoms with van der Waals surface area (Å²) >= 11 is 6.54. The highest BCUT2D eigenvalue weighted by Crippen LogP contribution is 2.40. The van der Waals surface area contributed by atoms with Crippen LogP contribution in [0.1, 0.15) is 25.0 Å². The number of rotatable bonds is 2. The number of aromatic hydroxyl groups is 1. The number of nitrogens with zero attached hydrogens (tertiary/aromatic N) is 4. The number of hydrogen-bond donors (Lipinski definition) is 2. The highest BCUT2D eigenvalue weighted by atomic mass is 35.5. The van der Waals surface area contributed by atoms with Crippen LogP contribution in [0.2, 0.25) is 5.02 Å². The maximum absolute atomic E-state index is 16.5. The van der Waals surface area contributed by atoms with Crippen molar-refractivity contribution < 1.29 is 13.9 Å². The van der Waals surface area contributed by atoms with Crippen LogP contribution in [0.5, 0.6) is 5.75 Å². The maximum atomic E-state index is 16.5. The molecule has 2 aromatic carbocycles. The van der Waals surface area contributed by atoms with Crippen LogP contribution in [0.3, 0.4) is 0 Å². The molecule has 6 nitrogen and oxygen atoms in total. The van der Waals surface area contributed by atoms with Gasteiger partial charge in [-0.1, -0.05) is 29.7 Å². The van der Waals surface area contributed by atoms with Crippen LogP contribution in [0, 0.1) is 17.7 Å². The van der Waals surface area contributed by atoms with E-state index in [1.54, 1.807) is 24.4 Å². The molecule has 0 saturated carbocycles. The number of alkyl halides is 1. The van der Waals surface area contributed by atoms with Gasteiger partial charge >= 0.3 is 0 Å². The maximum Gasteiger partial charge on any atom is 0.175 e. The van der Waals surface area contributed by atoms with Crippen molar-refractivity contribution in [1.29, 1.82) is 0 Å². The van der Waals surface area contributed by atoms with Crippen molar-refractivity contribution in [3.8, 4) is 28.8 Å². The summed E-state index contributed by atoms with van der Waals surface area (Å²) in [5.41, 5.74) is 1.87.